The fraction of sp³-hybridized carbons (Fsp3) is 0.250. The van der Waals surface area contributed by atoms with E-state index in [0.29, 0.717) is 24.3 Å². The van der Waals surface area contributed by atoms with Gasteiger partial charge in [-0.2, -0.15) is 26.3 Å². The molecule has 0 amide bonds. The van der Waals surface area contributed by atoms with Gasteiger partial charge in [-0.1, -0.05) is 60.7 Å². The maximum absolute atomic E-state index is 13.6. The molecule has 0 fully saturated rings. The van der Waals surface area contributed by atoms with Gasteiger partial charge in [0.05, 0.1) is 0 Å². The van der Waals surface area contributed by atoms with Crippen LogP contribution < -0.4 is 0 Å². The zero-order valence-corrected chi connectivity index (χ0v) is 11.9. The summed E-state index contributed by atoms with van der Waals surface area (Å²) < 4.78 is 81.5. The van der Waals surface area contributed by atoms with Gasteiger partial charge in [-0.3, -0.25) is 0 Å². The Hall–Kier alpha value is -2.06. The molecule has 0 aliphatic rings. The normalized spacial score (nSPS) is 17.8. The van der Waals surface area contributed by atoms with Crippen molar-refractivity contribution in [3.05, 3.63) is 71.8 Å². The Morgan fingerprint density at radius 1 is 0.500 bits per heavy atom. The van der Waals surface area contributed by atoms with Crippen molar-refractivity contribution in [2.24, 2.45) is 0 Å². The second kappa shape index (κ2) is 5.78. The SMILES string of the molecule is O[C@](c1ccccc1)(C(F)(F)F)[C@](O)(c1ccccc1)C(F)(F)F. The van der Waals surface area contributed by atoms with Gasteiger partial charge in [-0.05, 0) is 11.1 Å². The molecule has 2 aromatic rings. The Bertz CT molecular complexity index is 622. The van der Waals surface area contributed by atoms with Crippen molar-refractivity contribution in [3.8, 4) is 0 Å². The highest BCUT2D eigenvalue weighted by molar-refractivity contribution is 5.37. The smallest absolute Gasteiger partial charge is 0.374 e. The number of hydrogen-bond donors (Lipinski definition) is 2. The third-order valence-electron chi connectivity index (χ3n) is 3.73. The minimum atomic E-state index is -5.81. The van der Waals surface area contributed by atoms with E-state index in [4.69, 9.17) is 0 Å². The van der Waals surface area contributed by atoms with Crippen LogP contribution in [0.3, 0.4) is 0 Å². The number of hydrogen-bond acceptors (Lipinski definition) is 2. The number of rotatable bonds is 3. The van der Waals surface area contributed by atoms with Crippen LogP contribution in [0.4, 0.5) is 26.3 Å². The van der Waals surface area contributed by atoms with Crippen molar-refractivity contribution in [2.75, 3.05) is 0 Å². The van der Waals surface area contributed by atoms with E-state index in [1.165, 1.54) is 12.1 Å². The van der Waals surface area contributed by atoms with E-state index < -0.39 is 34.7 Å². The molecule has 0 aromatic heterocycles. The van der Waals surface area contributed by atoms with Crippen LogP contribution in [0.5, 0.6) is 0 Å². The summed E-state index contributed by atoms with van der Waals surface area (Å²) in [6.07, 6.45) is -11.6. The molecule has 24 heavy (non-hydrogen) atoms. The van der Waals surface area contributed by atoms with Gasteiger partial charge in [-0.15, -0.1) is 0 Å². The largest absolute Gasteiger partial charge is 0.425 e. The lowest BCUT2D eigenvalue weighted by Gasteiger charge is -2.45. The van der Waals surface area contributed by atoms with Gasteiger partial charge in [0.1, 0.15) is 0 Å². The summed E-state index contributed by atoms with van der Waals surface area (Å²) in [4.78, 5) is 0. The minimum absolute atomic E-state index is 0.674. The third-order valence-corrected chi connectivity index (χ3v) is 3.73. The molecule has 130 valence electrons. The first kappa shape index (κ1) is 18.3. The standard InChI is InChI=1S/C16H12F6O2/c17-15(18,19)13(23,11-7-3-1-4-8-11)14(24,16(20,21)22)12-9-5-2-6-10-12/h1-10,23-24H/t13-,14+. The molecule has 0 saturated heterocycles. The highest BCUT2D eigenvalue weighted by atomic mass is 19.4. The fourth-order valence-electron chi connectivity index (χ4n) is 2.51. The van der Waals surface area contributed by atoms with Crippen molar-refractivity contribution in [1.82, 2.24) is 0 Å². The quantitative estimate of drug-likeness (QED) is 0.825. The summed E-state index contributed by atoms with van der Waals surface area (Å²) in [6, 6.07) is 9.38. The molecule has 2 atom stereocenters. The van der Waals surface area contributed by atoms with E-state index in [2.05, 4.69) is 0 Å². The summed E-state index contributed by atoms with van der Waals surface area (Å²) in [6.45, 7) is 0. The Morgan fingerprint density at radius 3 is 0.958 bits per heavy atom. The van der Waals surface area contributed by atoms with Crippen LogP contribution >= 0.6 is 0 Å². The van der Waals surface area contributed by atoms with Crippen LogP contribution in [-0.4, -0.2) is 22.6 Å². The predicted molar refractivity (Wildman–Crippen MR) is 72.8 cm³/mol. The molecule has 0 saturated carbocycles. The predicted octanol–water partition coefficient (Wildman–Crippen LogP) is 3.89. The molecule has 0 unspecified atom stereocenters. The van der Waals surface area contributed by atoms with Gasteiger partial charge in [0, 0.05) is 0 Å². The summed E-state index contributed by atoms with van der Waals surface area (Å²) in [7, 11) is 0. The number of aliphatic hydroxyl groups is 2. The van der Waals surface area contributed by atoms with Crippen LogP contribution in [0.25, 0.3) is 0 Å². The van der Waals surface area contributed by atoms with Crippen molar-refractivity contribution in [2.45, 2.75) is 23.6 Å². The molecule has 0 radical (unpaired) electrons. The Labute approximate surface area is 133 Å². The Kier molecular flexibility index (Phi) is 4.41. The molecule has 2 N–H and O–H groups in total. The molecular weight excluding hydrogens is 338 g/mol. The van der Waals surface area contributed by atoms with E-state index in [1.807, 2.05) is 0 Å². The first-order valence-corrected chi connectivity index (χ1v) is 6.65. The third kappa shape index (κ3) is 2.55. The zero-order chi connectivity index (χ0) is 18.2. The highest BCUT2D eigenvalue weighted by Gasteiger charge is 2.77. The van der Waals surface area contributed by atoms with E-state index in [1.54, 1.807) is 0 Å². The molecule has 8 heteroatoms. The summed E-state index contributed by atoms with van der Waals surface area (Å²) in [5.74, 6) is 0. The lowest BCUT2D eigenvalue weighted by Crippen LogP contribution is -2.65. The average molecular weight is 350 g/mol. The Morgan fingerprint density at radius 2 is 0.750 bits per heavy atom. The molecule has 2 nitrogen and oxygen atoms in total. The highest BCUT2D eigenvalue weighted by Crippen LogP contribution is 2.57. The maximum Gasteiger partial charge on any atom is 0.425 e. The van der Waals surface area contributed by atoms with Crippen molar-refractivity contribution >= 4 is 0 Å². The first-order chi connectivity index (χ1) is 11.0. The lowest BCUT2D eigenvalue weighted by atomic mass is 9.72. The molecule has 0 aliphatic carbocycles. The first-order valence-electron chi connectivity index (χ1n) is 6.65. The summed E-state index contributed by atoms with van der Waals surface area (Å²) in [5, 5.41) is 20.5. The van der Waals surface area contributed by atoms with Crippen LogP contribution in [0.1, 0.15) is 11.1 Å². The van der Waals surface area contributed by atoms with Crippen LogP contribution in [0.15, 0.2) is 60.7 Å². The second-order valence-electron chi connectivity index (χ2n) is 5.15. The fourth-order valence-corrected chi connectivity index (χ4v) is 2.51. The Balaban J connectivity index is 2.88. The van der Waals surface area contributed by atoms with Gasteiger partial charge in [-0.25, -0.2) is 0 Å². The monoisotopic (exact) mass is 350 g/mol. The second-order valence-corrected chi connectivity index (χ2v) is 5.15. The van der Waals surface area contributed by atoms with Crippen molar-refractivity contribution in [1.29, 1.82) is 0 Å². The molecule has 0 bridgehead atoms. The lowest BCUT2D eigenvalue weighted by molar-refractivity contribution is -0.399. The number of benzene rings is 2. The van der Waals surface area contributed by atoms with Gasteiger partial charge in [0.25, 0.3) is 0 Å². The van der Waals surface area contributed by atoms with Crippen LogP contribution in [0, 0.1) is 0 Å². The molecule has 0 spiro atoms. The summed E-state index contributed by atoms with van der Waals surface area (Å²) in [5.41, 5.74) is -11.4. The number of halogens is 6. The van der Waals surface area contributed by atoms with E-state index >= 15 is 0 Å². The molecule has 0 aliphatic heterocycles. The maximum atomic E-state index is 13.6. The van der Waals surface area contributed by atoms with Gasteiger partial charge < -0.3 is 10.2 Å². The minimum Gasteiger partial charge on any atom is -0.374 e. The molecular formula is C16H12F6O2. The molecule has 0 heterocycles. The van der Waals surface area contributed by atoms with Gasteiger partial charge in [0.15, 0.2) is 0 Å². The zero-order valence-electron chi connectivity index (χ0n) is 11.9. The van der Waals surface area contributed by atoms with Crippen LogP contribution in [0.2, 0.25) is 0 Å². The van der Waals surface area contributed by atoms with Crippen molar-refractivity contribution in [3.63, 3.8) is 0 Å². The van der Waals surface area contributed by atoms with Gasteiger partial charge in [0.2, 0.25) is 11.2 Å². The number of alkyl halides is 6. The van der Waals surface area contributed by atoms with Crippen molar-refractivity contribution < 1.29 is 36.6 Å². The van der Waals surface area contributed by atoms with Gasteiger partial charge >= 0.3 is 12.4 Å². The molecule has 2 rings (SSSR count). The molecule has 2 aromatic carbocycles. The summed E-state index contributed by atoms with van der Waals surface area (Å²) >= 11 is 0. The van der Waals surface area contributed by atoms with E-state index in [0.717, 1.165) is 24.3 Å². The van der Waals surface area contributed by atoms with E-state index in [9.17, 15) is 36.6 Å². The van der Waals surface area contributed by atoms with E-state index in [-0.39, 0.29) is 0 Å². The topological polar surface area (TPSA) is 40.5 Å². The van der Waals surface area contributed by atoms with Crippen LogP contribution in [-0.2, 0) is 11.2 Å². The average Bonchev–Trinajstić information content (AvgIpc) is 2.52.